The first-order chi connectivity index (χ1) is 18.3. The topological polar surface area (TPSA) is 28.1 Å². The molecule has 4 aromatic carbocycles. The van der Waals surface area contributed by atoms with E-state index >= 15 is 0 Å². The van der Waals surface area contributed by atoms with Crippen LogP contribution in [0, 0.1) is 5.92 Å². The second-order valence-corrected chi connectivity index (χ2v) is 9.73. The van der Waals surface area contributed by atoms with Crippen molar-refractivity contribution in [3.63, 3.8) is 0 Å². The fourth-order valence-corrected chi connectivity index (χ4v) is 5.53. The van der Waals surface area contributed by atoms with E-state index in [1.807, 2.05) is 12.1 Å². The summed E-state index contributed by atoms with van der Waals surface area (Å²) in [5, 5.41) is 7.56. The fraction of sp³-hybridized carbons (Fsp3) is 0.182. The molecule has 4 aromatic rings. The average Bonchev–Trinajstić information content (AvgIpc) is 3.35. The van der Waals surface area contributed by atoms with Crippen LogP contribution in [0.3, 0.4) is 0 Å². The predicted octanol–water partition coefficient (Wildman–Crippen LogP) is 6.83. The maximum Gasteiger partial charge on any atom is 0.118 e. The molecule has 2 unspecified atom stereocenters. The van der Waals surface area contributed by atoms with Gasteiger partial charge in [-0.2, -0.15) is 5.10 Å². The van der Waals surface area contributed by atoms with Gasteiger partial charge in [-0.05, 0) is 52.6 Å². The van der Waals surface area contributed by atoms with Crippen molar-refractivity contribution in [1.29, 1.82) is 0 Å². The highest BCUT2D eigenvalue weighted by Gasteiger charge is 2.43. The van der Waals surface area contributed by atoms with E-state index in [4.69, 9.17) is 9.84 Å². The zero-order valence-corrected chi connectivity index (χ0v) is 21.1. The van der Waals surface area contributed by atoms with Crippen molar-refractivity contribution in [3.05, 3.63) is 138 Å². The molecule has 0 spiro atoms. The van der Waals surface area contributed by atoms with Gasteiger partial charge in [0, 0.05) is 25.6 Å². The predicted molar refractivity (Wildman–Crippen MR) is 152 cm³/mol. The van der Waals surface area contributed by atoms with E-state index in [-0.39, 0.29) is 12.0 Å². The number of ether oxygens (including phenoxy) is 1. The van der Waals surface area contributed by atoms with Crippen LogP contribution in [0.15, 0.2) is 126 Å². The number of likely N-dealkylation sites (tertiary alicyclic amines) is 1. The van der Waals surface area contributed by atoms with Gasteiger partial charge in [0.05, 0.1) is 24.6 Å². The number of hydrogen-bond acceptors (Lipinski definition) is 4. The lowest BCUT2D eigenvalue weighted by molar-refractivity contribution is 0.245. The largest absolute Gasteiger partial charge is 0.497 e. The fourth-order valence-electron chi connectivity index (χ4n) is 5.53. The normalized spacial score (nSPS) is 20.5. The van der Waals surface area contributed by atoms with Gasteiger partial charge in [0.1, 0.15) is 5.75 Å². The molecule has 0 bridgehead atoms. The number of nitrogens with zero attached hydrogens (tertiary/aromatic N) is 3. The number of hydrogen-bond donors (Lipinski definition) is 0. The first-order valence-electron chi connectivity index (χ1n) is 12.9. The highest BCUT2D eigenvalue weighted by Crippen LogP contribution is 2.43. The second kappa shape index (κ2) is 10.5. The van der Waals surface area contributed by atoms with Crippen LogP contribution >= 0.6 is 0 Å². The lowest BCUT2D eigenvalue weighted by Gasteiger charge is -2.36. The summed E-state index contributed by atoms with van der Waals surface area (Å²) in [7, 11) is 1.71. The first-order valence-corrected chi connectivity index (χ1v) is 12.9. The summed E-state index contributed by atoms with van der Waals surface area (Å²) in [5.74, 6) is 1.14. The van der Waals surface area contributed by atoms with E-state index in [1.54, 1.807) is 7.11 Å². The van der Waals surface area contributed by atoms with Gasteiger partial charge in [0.15, 0.2) is 0 Å². The standard InChI is InChI=1S/C33H31N3O/c1-37-30-19-17-26(18-20-30)22-35-23-28(21-25-11-5-2-6-12-25)32-31(24-35)33(27-13-7-3-8-14-27)36(34-32)29-15-9-4-10-16-29/h2-21,31,33H,22-24H2,1H3. The van der Waals surface area contributed by atoms with Gasteiger partial charge < -0.3 is 4.74 Å². The molecule has 37 heavy (non-hydrogen) atoms. The van der Waals surface area contributed by atoms with Crippen molar-refractivity contribution in [1.82, 2.24) is 4.90 Å². The maximum atomic E-state index is 5.37. The number of para-hydroxylation sites is 1. The van der Waals surface area contributed by atoms with E-state index in [9.17, 15) is 0 Å². The first kappa shape index (κ1) is 23.3. The Balaban J connectivity index is 1.41. The number of benzene rings is 4. The molecular formula is C33H31N3O. The summed E-state index contributed by atoms with van der Waals surface area (Å²) >= 11 is 0. The van der Waals surface area contributed by atoms with Gasteiger partial charge in [-0.3, -0.25) is 9.91 Å². The number of rotatable bonds is 6. The summed E-state index contributed by atoms with van der Waals surface area (Å²) < 4.78 is 5.37. The van der Waals surface area contributed by atoms with Gasteiger partial charge in [-0.25, -0.2) is 0 Å². The molecule has 4 nitrogen and oxygen atoms in total. The summed E-state index contributed by atoms with van der Waals surface area (Å²) in [4.78, 5) is 2.56. The smallest absolute Gasteiger partial charge is 0.118 e. The van der Waals surface area contributed by atoms with Crippen LogP contribution in [0.1, 0.15) is 22.7 Å². The van der Waals surface area contributed by atoms with Gasteiger partial charge >= 0.3 is 0 Å². The van der Waals surface area contributed by atoms with Crippen LogP contribution in [0.25, 0.3) is 6.08 Å². The Kier molecular flexibility index (Phi) is 6.57. The third kappa shape index (κ3) is 4.93. The number of methoxy groups -OCH3 is 1. The lowest BCUT2D eigenvalue weighted by atomic mass is 9.82. The van der Waals surface area contributed by atoms with Crippen LogP contribution < -0.4 is 9.75 Å². The van der Waals surface area contributed by atoms with E-state index < -0.39 is 0 Å². The molecule has 1 saturated heterocycles. The van der Waals surface area contributed by atoms with Crippen molar-refractivity contribution in [2.75, 3.05) is 25.2 Å². The summed E-state index contributed by atoms with van der Waals surface area (Å²) in [6.07, 6.45) is 2.32. The molecule has 0 aromatic heterocycles. The number of fused-ring (bicyclic) bond motifs is 1. The maximum absolute atomic E-state index is 5.37. The van der Waals surface area contributed by atoms with Crippen molar-refractivity contribution < 1.29 is 4.74 Å². The Morgan fingerprint density at radius 3 is 2.14 bits per heavy atom. The SMILES string of the molecule is COc1ccc(CN2CC(=Cc3ccccc3)C3=NN(c4ccccc4)C(c4ccccc4)C3C2)cc1. The summed E-state index contributed by atoms with van der Waals surface area (Å²) in [6, 6.07) is 40.6. The molecule has 0 amide bonds. The van der Waals surface area contributed by atoms with Crippen LogP contribution in [-0.4, -0.2) is 30.8 Å². The van der Waals surface area contributed by atoms with Crippen LogP contribution in [0.4, 0.5) is 5.69 Å². The van der Waals surface area contributed by atoms with Crippen LogP contribution in [-0.2, 0) is 6.54 Å². The third-order valence-corrected chi connectivity index (χ3v) is 7.26. The van der Waals surface area contributed by atoms with E-state index in [0.29, 0.717) is 0 Å². The van der Waals surface area contributed by atoms with Crippen molar-refractivity contribution in [2.45, 2.75) is 12.6 Å². The molecule has 6 rings (SSSR count). The zero-order chi connectivity index (χ0) is 25.0. The zero-order valence-electron chi connectivity index (χ0n) is 21.1. The Morgan fingerprint density at radius 2 is 1.46 bits per heavy atom. The minimum Gasteiger partial charge on any atom is -0.497 e. The Morgan fingerprint density at radius 1 is 0.811 bits per heavy atom. The molecule has 0 aliphatic carbocycles. The molecule has 1 fully saturated rings. The Hall–Kier alpha value is -4.15. The van der Waals surface area contributed by atoms with Gasteiger partial charge in [-0.15, -0.1) is 0 Å². The molecule has 0 radical (unpaired) electrons. The van der Waals surface area contributed by atoms with Gasteiger partial charge in [-0.1, -0.05) is 91.0 Å². The van der Waals surface area contributed by atoms with E-state index in [2.05, 4.69) is 119 Å². The van der Waals surface area contributed by atoms with Crippen LogP contribution in [0.5, 0.6) is 5.75 Å². The quantitative estimate of drug-likeness (QED) is 0.300. The van der Waals surface area contributed by atoms with E-state index in [1.165, 1.54) is 28.0 Å². The van der Waals surface area contributed by atoms with Crippen molar-refractivity contribution >= 4 is 17.5 Å². The molecule has 2 heterocycles. The molecule has 184 valence electrons. The molecule has 2 aliphatic rings. The molecule has 4 heteroatoms. The molecule has 2 aliphatic heterocycles. The van der Waals surface area contributed by atoms with Gasteiger partial charge in [0.25, 0.3) is 0 Å². The minimum atomic E-state index is 0.136. The Bertz CT molecular complexity index is 1380. The van der Waals surface area contributed by atoms with Gasteiger partial charge in [0.2, 0.25) is 0 Å². The average molecular weight is 486 g/mol. The Labute approximate surface area is 219 Å². The monoisotopic (exact) mass is 485 g/mol. The van der Waals surface area contributed by atoms with Crippen molar-refractivity contribution in [3.8, 4) is 5.75 Å². The highest BCUT2D eigenvalue weighted by molar-refractivity contribution is 6.09. The van der Waals surface area contributed by atoms with Crippen molar-refractivity contribution in [2.24, 2.45) is 11.0 Å². The number of hydrazone groups is 1. The number of piperidine rings is 1. The lowest BCUT2D eigenvalue weighted by Crippen LogP contribution is -2.43. The molecule has 0 saturated carbocycles. The highest BCUT2D eigenvalue weighted by atomic mass is 16.5. The summed E-state index contributed by atoms with van der Waals surface area (Å²) in [5.41, 5.74) is 7.40. The van der Waals surface area contributed by atoms with E-state index in [0.717, 1.165) is 31.1 Å². The number of anilines is 1. The molecule has 2 atom stereocenters. The molecule has 0 N–H and O–H groups in total. The summed E-state index contributed by atoms with van der Waals surface area (Å²) in [6.45, 7) is 2.69. The second-order valence-electron chi connectivity index (χ2n) is 9.73. The minimum absolute atomic E-state index is 0.136. The third-order valence-electron chi connectivity index (χ3n) is 7.26. The molecular weight excluding hydrogens is 454 g/mol. The van der Waals surface area contributed by atoms with Crippen LogP contribution in [0.2, 0.25) is 0 Å².